The number of nitrogens with one attached hydrogen (secondary N) is 1. The van der Waals surface area contributed by atoms with Gasteiger partial charge in [-0.25, -0.2) is 13.1 Å². The Morgan fingerprint density at radius 2 is 2.13 bits per heavy atom. The Morgan fingerprint density at radius 3 is 2.87 bits per heavy atom. The van der Waals surface area contributed by atoms with Gasteiger partial charge in [-0.2, -0.15) is 0 Å². The number of likely N-dealkylation sites (tertiary alicyclic amines) is 1. The number of ether oxygens (including phenoxy) is 1. The predicted molar refractivity (Wildman–Crippen MR) is 90.6 cm³/mol. The van der Waals surface area contributed by atoms with Crippen molar-refractivity contribution in [2.45, 2.75) is 44.4 Å². The molecule has 2 saturated heterocycles. The maximum absolute atomic E-state index is 11.8. The molecule has 0 radical (unpaired) electrons. The molecule has 128 valence electrons. The summed E-state index contributed by atoms with van der Waals surface area (Å²) in [7, 11) is -3.15. The summed E-state index contributed by atoms with van der Waals surface area (Å²) in [4.78, 5) is 2.41. The van der Waals surface area contributed by atoms with Crippen LogP contribution in [0.3, 0.4) is 0 Å². The lowest BCUT2D eigenvalue weighted by atomic mass is 9.90. The molecule has 0 amide bonds. The van der Waals surface area contributed by atoms with Crippen molar-refractivity contribution >= 4 is 10.0 Å². The van der Waals surface area contributed by atoms with Gasteiger partial charge >= 0.3 is 0 Å². The van der Waals surface area contributed by atoms with Crippen LogP contribution in [0.2, 0.25) is 0 Å². The first-order valence-electron chi connectivity index (χ1n) is 8.40. The lowest BCUT2D eigenvalue weighted by Gasteiger charge is -2.38. The Labute approximate surface area is 139 Å². The summed E-state index contributed by atoms with van der Waals surface area (Å²) in [5.74, 6) is 0.136. The van der Waals surface area contributed by atoms with Gasteiger partial charge in [0.1, 0.15) is 0 Å². The molecule has 6 heteroatoms. The molecule has 1 aromatic carbocycles. The second-order valence-electron chi connectivity index (χ2n) is 6.69. The van der Waals surface area contributed by atoms with E-state index in [0.717, 1.165) is 38.9 Å². The van der Waals surface area contributed by atoms with E-state index in [9.17, 15) is 8.42 Å². The van der Waals surface area contributed by atoms with Crippen molar-refractivity contribution in [1.82, 2.24) is 9.62 Å². The minimum absolute atomic E-state index is 0.00498. The van der Waals surface area contributed by atoms with E-state index in [-0.39, 0.29) is 17.4 Å². The van der Waals surface area contributed by atoms with Crippen LogP contribution < -0.4 is 4.72 Å². The zero-order valence-corrected chi connectivity index (χ0v) is 14.5. The van der Waals surface area contributed by atoms with Crippen LogP contribution in [0, 0.1) is 0 Å². The summed E-state index contributed by atoms with van der Waals surface area (Å²) in [6.07, 6.45) is 2.52. The van der Waals surface area contributed by atoms with Crippen LogP contribution in [0.25, 0.3) is 0 Å². The van der Waals surface area contributed by atoms with E-state index in [1.165, 1.54) is 5.56 Å². The minimum atomic E-state index is -3.15. The molecule has 0 unspecified atom stereocenters. The average Bonchev–Trinajstić information content (AvgIpc) is 2.90. The fourth-order valence-corrected chi connectivity index (χ4v) is 4.53. The molecule has 1 aromatic rings. The summed E-state index contributed by atoms with van der Waals surface area (Å²) >= 11 is 0. The molecule has 2 atom stereocenters. The Balaban J connectivity index is 1.60. The standard InChI is InChI=1S/C17H26N2O3S/c1-2-23(20,21)18-16-8-11-22-17(12-16)9-10-19(14-17)13-15-6-4-3-5-7-15/h3-7,16,18H,2,8-14H2,1H3/t16-,17+/m0/s1. The number of hydrogen-bond donors (Lipinski definition) is 1. The quantitative estimate of drug-likeness (QED) is 0.889. The molecule has 3 rings (SSSR count). The van der Waals surface area contributed by atoms with Gasteiger partial charge in [-0.15, -0.1) is 0 Å². The third-order valence-electron chi connectivity index (χ3n) is 4.86. The average molecular weight is 338 g/mol. The SMILES string of the molecule is CCS(=O)(=O)N[C@H]1CCO[C@]2(CCN(Cc3ccccc3)C2)C1. The fraction of sp³-hybridized carbons (Fsp3) is 0.647. The first-order chi connectivity index (χ1) is 11.0. The van der Waals surface area contributed by atoms with Gasteiger partial charge < -0.3 is 4.74 Å². The molecule has 1 N–H and O–H groups in total. The van der Waals surface area contributed by atoms with Crippen molar-refractivity contribution in [3.05, 3.63) is 35.9 Å². The summed E-state index contributed by atoms with van der Waals surface area (Å²) in [5.41, 5.74) is 1.12. The molecule has 23 heavy (non-hydrogen) atoms. The van der Waals surface area contributed by atoms with Crippen LogP contribution >= 0.6 is 0 Å². The van der Waals surface area contributed by atoms with Crippen molar-refractivity contribution in [3.8, 4) is 0 Å². The molecule has 0 aromatic heterocycles. The highest BCUT2D eigenvalue weighted by atomic mass is 32.2. The summed E-state index contributed by atoms with van der Waals surface area (Å²) < 4.78 is 32.6. The number of nitrogens with zero attached hydrogens (tertiary/aromatic N) is 1. The number of benzene rings is 1. The van der Waals surface area contributed by atoms with Crippen molar-refractivity contribution in [2.75, 3.05) is 25.4 Å². The zero-order valence-electron chi connectivity index (χ0n) is 13.7. The van der Waals surface area contributed by atoms with Crippen LogP contribution in [0.15, 0.2) is 30.3 Å². The Kier molecular flexibility index (Phi) is 5.06. The highest BCUT2D eigenvalue weighted by Gasteiger charge is 2.43. The van der Waals surface area contributed by atoms with Gasteiger partial charge in [-0.1, -0.05) is 30.3 Å². The van der Waals surface area contributed by atoms with Crippen molar-refractivity contribution in [2.24, 2.45) is 0 Å². The summed E-state index contributed by atoms with van der Waals surface area (Å²) in [6.45, 7) is 5.12. The third-order valence-corrected chi connectivity index (χ3v) is 6.32. The highest BCUT2D eigenvalue weighted by Crippen LogP contribution is 2.35. The molecule has 0 bridgehead atoms. The topological polar surface area (TPSA) is 58.6 Å². The third kappa shape index (κ3) is 4.32. The van der Waals surface area contributed by atoms with Crippen molar-refractivity contribution in [1.29, 1.82) is 0 Å². The molecular weight excluding hydrogens is 312 g/mol. The number of rotatable bonds is 5. The first kappa shape index (κ1) is 16.9. The van der Waals surface area contributed by atoms with Gasteiger partial charge in [-0.05, 0) is 31.7 Å². The Hall–Kier alpha value is -0.950. The van der Waals surface area contributed by atoms with E-state index in [4.69, 9.17) is 4.74 Å². The lowest BCUT2D eigenvalue weighted by Crippen LogP contribution is -2.50. The van der Waals surface area contributed by atoms with Gasteiger partial charge in [0.15, 0.2) is 0 Å². The molecule has 2 aliphatic rings. The molecular formula is C17H26N2O3S. The number of hydrogen-bond acceptors (Lipinski definition) is 4. The van der Waals surface area contributed by atoms with Gasteiger partial charge in [-0.3, -0.25) is 4.90 Å². The molecule has 1 spiro atoms. The molecule has 0 saturated carbocycles. The molecule has 2 fully saturated rings. The normalized spacial score (nSPS) is 29.2. The molecule has 0 aliphatic carbocycles. The maximum atomic E-state index is 11.8. The van der Waals surface area contributed by atoms with Crippen molar-refractivity contribution in [3.63, 3.8) is 0 Å². The molecule has 5 nitrogen and oxygen atoms in total. The van der Waals surface area contributed by atoms with Crippen LogP contribution in [0.5, 0.6) is 0 Å². The predicted octanol–water partition coefficient (Wildman–Crippen LogP) is 1.75. The first-order valence-corrected chi connectivity index (χ1v) is 10.1. The maximum Gasteiger partial charge on any atom is 0.211 e. The van der Waals surface area contributed by atoms with E-state index >= 15 is 0 Å². The van der Waals surface area contributed by atoms with E-state index in [1.54, 1.807) is 6.92 Å². The lowest BCUT2D eigenvalue weighted by molar-refractivity contribution is -0.0779. The fourth-order valence-electron chi connectivity index (χ4n) is 3.65. The Morgan fingerprint density at radius 1 is 1.35 bits per heavy atom. The van der Waals surface area contributed by atoms with Crippen molar-refractivity contribution < 1.29 is 13.2 Å². The van der Waals surface area contributed by atoms with Crippen LogP contribution in [0.1, 0.15) is 31.7 Å². The van der Waals surface area contributed by atoms with Gasteiger partial charge in [0.05, 0.1) is 11.4 Å². The minimum Gasteiger partial charge on any atom is -0.373 e. The van der Waals surface area contributed by atoms with E-state index in [0.29, 0.717) is 6.61 Å². The van der Waals surface area contributed by atoms with Crippen LogP contribution in [-0.2, 0) is 21.3 Å². The number of sulfonamides is 1. The second-order valence-corrected chi connectivity index (χ2v) is 8.73. The van der Waals surface area contributed by atoms with E-state index in [1.807, 2.05) is 6.07 Å². The van der Waals surface area contributed by atoms with Gasteiger partial charge in [0.25, 0.3) is 0 Å². The zero-order chi connectivity index (χ0) is 16.3. The summed E-state index contributed by atoms with van der Waals surface area (Å²) in [5, 5.41) is 0. The second kappa shape index (κ2) is 6.89. The molecule has 2 heterocycles. The van der Waals surface area contributed by atoms with Crippen LogP contribution in [0.4, 0.5) is 0 Å². The van der Waals surface area contributed by atoms with Crippen LogP contribution in [-0.4, -0.2) is 50.4 Å². The Bertz CT molecular complexity index is 620. The largest absolute Gasteiger partial charge is 0.373 e. The van der Waals surface area contributed by atoms with E-state index in [2.05, 4.69) is 33.9 Å². The molecule has 2 aliphatic heterocycles. The van der Waals surface area contributed by atoms with Gasteiger partial charge in [0.2, 0.25) is 10.0 Å². The summed E-state index contributed by atoms with van der Waals surface area (Å²) in [6, 6.07) is 10.5. The van der Waals surface area contributed by atoms with E-state index < -0.39 is 10.0 Å². The monoisotopic (exact) mass is 338 g/mol. The smallest absolute Gasteiger partial charge is 0.211 e. The van der Waals surface area contributed by atoms with Gasteiger partial charge in [0, 0.05) is 32.3 Å². The highest BCUT2D eigenvalue weighted by molar-refractivity contribution is 7.89.